The minimum absolute atomic E-state index is 0.0235. The van der Waals surface area contributed by atoms with Gasteiger partial charge in [-0.2, -0.15) is 4.68 Å². The molecule has 0 aliphatic heterocycles. The van der Waals surface area contributed by atoms with Crippen LogP contribution in [0.15, 0.2) is 54.6 Å². The van der Waals surface area contributed by atoms with E-state index in [-0.39, 0.29) is 25.1 Å². The molecule has 3 rings (SSSR count). The van der Waals surface area contributed by atoms with Gasteiger partial charge in [0, 0.05) is 12.3 Å². The molecule has 1 amide bonds. The fraction of sp³-hybridized carbons (Fsp3) is 0.480. The predicted octanol–water partition coefficient (Wildman–Crippen LogP) is 4.44. The molecule has 10 heteroatoms. The number of esters is 1. The average Bonchev–Trinajstić information content (AvgIpc) is 3.31. The van der Waals surface area contributed by atoms with Crippen molar-refractivity contribution < 1.29 is 23.5 Å². The van der Waals surface area contributed by atoms with Crippen LogP contribution in [-0.4, -0.2) is 43.9 Å². The number of tetrazole rings is 1. The number of allylic oxidation sites excluding steroid dienone is 3. The van der Waals surface area contributed by atoms with Gasteiger partial charge in [0.1, 0.15) is 24.3 Å². The maximum Gasteiger partial charge on any atom is 0.408 e. The third-order valence-corrected chi connectivity index (χ3v) is 5.45. The first-order chi connectivity index (χ1) is 16.5. The summed E-state index contributed by atoms with van der Waals surface area (Å²) in [5, 5.41) is 13.6. The Labute approximate surface area is 204 Å². The van der Waals surface area contributed by atoms with E-state index in [0.29, 0.717) is 0 Å². The Morgan fingerprint density at radius 2 is 1.94 bits per heavy atom. The zero-order chi connectivity index (χ0) is 25.6. The van der Waals surface area contributed by atoms with E-state index in [0.717, 1.165) is 5.56 Å². The summed E-state index contributed by atoms with van der Waals surface area (Å²) in [5.41, 5.74) is -1.03. The number of hydrogen-bond acceptors (Lipinski definition) is 7. The zero-order valence-electron chi connectivity index (χ0n) is 20.7. The number of carbonyl (C=O) groups excluding carboxylic acids is 2. The second-order valence-corrected chi connectivity index (χ2v) is 10.1. The van der Waals surface area contributed by atoms with E-state index in [1.54, 1.807) is 19.9 Å². The summed E-state index contributed by atoms with van der Waals surface area (Å²) >= 11 is 0. The molecule has 9 nitrogen and oxygen atoms in total. The fourth-order valence-electron chi connectivity index (χ4n) is 4.11. The van der Waals surface area contributed by atoms with Gasteiger partial charge in [-0.25, -0.2) is 14.0 Å². The lowest BCUT2D eigenvalue weighted by molar-refractivity contribution is -0.159. The molecule has 2 aromatic rings. The maximum absolute atomic E-state index is 15.3. The predicted molar refractivity (Wildman–Crippen MR) is 127 cm³/mol. The van der Waals surface area contributed by atoms with E-state index in [1.165, 1.54) is 17.1 Å². The van der Waals surface area contributed by atoms with E-state index < -0.39 is 40.9 Å². The lowest BCUT2D eigenvalue weighted by Gasteiger charge is -2.42. The van der Waals surface area contributed by atoms with Crippen LogP contribution in [0.5, 0.6) is 0 Å². The van der Waals surface area contributed by atoms with Crippen LogP contribution >= 0.6 is 0 Å². The van der Waals surface area contributed by atoms with Crippen molar-refractivity contribution in [3.05, 3.63) is 60.2 Å². The first-order valence-corrected chi connectivity index (χ1v) is 11.5. The molecule has 1 aromatic carbocycles. The van der Waals surface area contributed by atoms with Crippen LogP contribution in [0.25, 0.3) is 5.70 Å². The Balaban J connectivity index is 1.93. The summed E-state index contributed by atoms with van der Waals surface area (Å²) in [6, 6.07) is 9.19. The number of alkyl carbamates (subject to hydrolysis) is 1. The molecule has 0 fully saturated rings. The molecule has 35 heavy (non-hydrogen) atoms. The monoisotopic (exact) mass is 485 g/mol. The molecule has 0 spiro atoms. The topological polar surface area (TPSA) is 108 Å². The van der Waals surface area contributed by atoms with Gasteiger partial charge in [-0.3, -0.25) is 0 Å². The summed E-state index contributed by atoms with van der Waals surface area (Å²) in [6.45, 7) is 9.28. The van der Waals surface area contributed by atoms with Crippen LogP contribution in [0, 0.1) is 11.3 Å². The number of amides is 1. The van der Waals surface area contributed by atoms with Gasteiger partial charge in [0.15, 0.2) is 0 Å². The van der Waals surface area contributed by atoms with Crippen LogP contribution in [0.2, 0.25) is 0 Å². The van der Waals surface area contributed by atoms with Crippen molar-refractivity contribution >= 4 is 17.8 Å². The molecule has 1 aliphatic rings. The summed E-state index contributed by atoms with van der Waals surface area (Å²) in [4.78, 5) is 26.6. The van der Waals surface area contributed by atoms with Crippen LogP contribution < -0.4 is 5.32 Å². The summed E-state index contributed by atoms with van der Waals surface area (Å²) in [5.74, 6) is -1.90. The second kappa shape index (κ2) is 10.8. The molecule has 1 aromatic heterocycles. The van der Waals surface area contributed by atoms with E-state index in [2.05, 4.69) is 20.8 Å². The van der Waals surface area contributed by atoms with Crippen molar-refractivity contribution in [1.82, 2.24) is 25.5 Å². The first-order valence-electron chi connectivity index (χ1n) is 11.5. The number of ether oxygens (including phenoxy) is 2. The molecular weight excluding hydrogens is 453 g/mol. The lowest BCUT2D eigenvalue weighted by atomic mass is 9.70. The van der Waals surface area contributed by atoms with Crippen molar-refractivity contribution in [3.8, 4) is 0 Å². The van der Waals surface area contributed by atoms with Gasteiger partial charge in [0.2, 0.25) is 0 Å². The van der Waals surface area contributed by atoms with Crippen LogP contribution in [-0.2, 0) is 20.9 Å². The minimum Gasteiger partial charge on any atom is -0.461 e. The van der Waals surface area contributed by atoms with Gasteiger partial charge < -0.3 is 14.8 Å². The highest BCUT2D eigenvalue weighted by molar-refractivity contribution is 5.87. The molecule has 1 heterocycles. The van der Waals surface area contributed by atoms with Gasteiger partial charge in [-0.1, -0.05) is 57.2 Å². The molecule has 0 bridgehead atoms. The normalized spacial score (nSPS) is 17.7. The summed E-state index contributed by atoms with van der Waals surface area (Å²) < 4.78 is 27.5. The first kappa shape index (κ1) is 26.1. The highest BCUT2D eigenvalue weighted by atomic mass is 19.1. The lowest BCUT2D eigenvalue weighted by Crippen LogP contribution is -2.62. The van der Waals surface area contributed by atoms with Crippen molar-refractivity contribution in [1.29, 1.82) is 0 Å². The Hall–Kier alpha value is -3.56. The quantitative estimate of drug-likeness (QED) is 0.551. The SMILES string of the molecule is CC(C)OC(=O)C(CC(C)(C)C)(NC(=O)OCc1ccccc1)C1C=CC(n2cnnn2)=C(F)C1. The molecule has 0 radical (unpaired) electrons. The standard InChI is InChI=1S/C25H32FN5O4/c1-17(2)35-22(32)25(15-24(3,4)5,28-23(33)34-14-18-9-7-6-8-10-18)19-11-12-21(20(26)13-19)31-16-27-29-30-31/h6-12,16-17,19H,13-15H2,1-5H3,(H,28,33). The van der Waals surface area contributed by atoms with Crippen LogP contribution in [0.4, 0.5) is 9.18 Å². The molecule has 0 saturated carbocycles. The zero-order valence-corrected chi connectivity index (χ0v) is 20.7. The fourth-order valence-corrected chi connectivity index (χ4v) is 4.11. The molecule has 1 aliphatic carbocycles. The maximum atomic E-state index is 15.3. The van der Waals surface area contributed by atoms with E-state index in [4.69, 9.17) is 9.47 Å². The van der Waals surface area contributed by atoms with Crippen LogP contribution in [0.3, 0.4) is 0 Å². The number of nitrogens with one attached hydrogen (secondary N) is 1. The van der Waals surface area contributed by atoms with Gasteiger partial charge in [0.25, 0.3) is 0 Å². The number of aromatic nitrogens is 4. The van der Waals surface area contributed by atoms with Gasteiger partial charge in [0.05, 0.1) is 11.8 Å². The van der Waals surface area contributed by atoms with E-state index in [1.807, 2.05) is 51.1 Å². The number of halogens is 1. The smallest absolute Gasteiger partial charge is 0.408 e. The molecule has 2 atom stereocenters. The largest absolute Gasteiger partial charge is 0.461 e. The molecule has 1 N–H and O–H groups in total. The van der Waals surface area contributed by atoms with Gasteiger partial charge >= 0.3 is 12.1 Å². The molecule has 2 unspecified atom stereocenters. The third-order valence-electron chi connectivity index (χ3n) is 5.45. The molecule has 188 valence electrons. The number of hydrogen-bond donors (Lipinski definition) is 1. The van der Waals surface area contributed by atoms with Crippen LogP contribution in [0.1, 0.15) is 53.0 Å². The van der Waals surface area contributed by atoms with Crippen molar-refractivity contribution in [2.24, 2.45) is 11.3 Å². The van der Waals surface area contributed by atoms with Crippen molar-refractivity contribution in [2.45, 2.75) is 65.7 Å². The molecule has 0 saturated heterocycles. The number of nitrogens with zero attached hydrogens (tertiary/aromatic N) is 4. The average molecular weight is 486 g/mol. The second-order valence-electron chi connectivity index (χ2n) is 10.1. The highest BCUT2D eigenvalue weighted by Gasteiger charge is 2.51. The molecular formula is C25H32FN5O4. The Morgan fingerprint density at radius 1 is 1.23 bits per heavy atom. The van der Waals surface area contributed by atoms with Crippen molar-refractivity contribution in [2.75, 3.05) is 0 Å². The highest BCUT2D eigenvalue weighted by Crippen LogP contribution is 2.41. The number of carbonyl (C=O) groups is 2. The summed E-state index contributed by atoms with van der Waals surface area (Å²) in [7, 11) is 0. The van der Waals surface area contributed by atoms with Gasteiger partial charge in [-0.05, 0) is 47.7 Å². The van der Waals surface area contributed by atoms with E-state index >= 15 is 4.39 Å². The third kappa shape index (κ3) is 6.74. The summed E-state index contributed by atoms with van der Waals surface area (Å²) in [6.07, 6.45) is 3.29. The number of rotatable bonds is 8. The Bertz CT molecular complexity index is 1080. The van der Waals surface area contributed by atoms with Crippen molar-refractivity contribution in [3.63, 3.8) is 0 Å². The number of benzene rings is 1. The minimum atomic E-state index is -1.57. The Morgan fingerprint density at radius 3 is 2.51 bits per heavy atom. The van der Waals surface area contributed by atoms with Gasteiger partial charge in [-0.15, -0.1) is 5.10 Å². The Kier molecular flexibility index (Phi) is 8.03. The van der Waals surface area contributed by atoms with E-state index in [9.17, 15) is 9.59 Å².